The maximum Gasteiger partial charge on any atom is 0.357 e. The Balaban J connectivity index is 2.39. The highest BCUT2D eigenvalue weighted by Crippen LogP contribution is 2.31. The molecule has 2 rings (SSSR count). The zero-order chi connectivity index (χ0) is 14.7. The van der Waals surface area contributed by atoms with Gasteiger partial charge in [0.2, 0.25) is 5.91 Å². The standard InChI is InChI=1S/C11H12N4O3S2/c1-3-8(16)15(7-5-19-10(12)14-7)11-13-6(4-20-11)9(17)18-2/h4-5H,3H2,1-2H3,(H2,12,14). The molecule has 0 aliphatic rings. The Labute approximate surface area is 123 Å². The molecule has 0 bridgehead atoms. The quantitative estimate of drug-likeness (QED) is 0.867. The number of amides is 1. The molecule has 1 amide bonds. The van der Waals surface area contributed by atoms with Crippen LogP contribution in [0.25, 0.3) is 0 Å². The van der Waals surface area contributed by atoms with Gasteiger partial charge in [0.15, 0.2) is 21.8 Å². The Hall–Kier alpha value is -2.00. The number of rotatable bonds is 4. The molecule has 7 nitrogen and oxygen atoms in total. The average molecular weight is 312 g/mol. The van der Waals surface area contributed by atoms with E-state index in [1.807, 2.05) is 0 Å². The van der Waals surface area contributed by atoms with E-state index in [0.717, 1.165) is 0 Å². The molecule has 2 aromatic rings. The summed E-state index contributed by atoms with van der Waals surface area (Å²) < 4.78 is 4.59. The Morgan fingerprint density at radius 2 is 2.10 bits per heavy atom. The van der Waals surface area contributed by atoms with E-state index in [1.165, 1.54) is 40.1 Å². The number of nitrogen functional groups attached to an aromatic ring is 1. The third kappa shape index (κ3) is 2.78. The maximum atomic E-state index is 12.1. The number of thiazole rings is 2. The van der Waals surface area contributed by atoms with Gasteiger partial charge < -0.3 is 10.5 Å². The molecule has 0 aromatic carbocycles. The van der Waals surface area contributed by atoms with Crippen molar-refractivity contribution in [2.75, 3.05) is 17.7 Å². The van der Waals surface area contributed by atoms with Gasteiger partial charge in [-0.05, 0) is 0 Å². The molecule has 2 aromatic heterocycles. The minimum atomic E-state index is -0.547. The van der Waals surface area contributed by atoms with Crippen LogP contribution in [0.5, 0.6) is 0 Å². The van der Waals surface area contributed by atoms with Gasteiger partial charge in [0.1, 0.15) is 0 Å². The number of ether oxygens (including phenoxy) is 1. The third-order valence-corrected chi connectivity index (χ3v) is 3.86. The van der Waals surface area contributed by atoms with Gasteiger partial charge in [-0.3, -0.25) is 4.79 Å². The molecule has 106 valence electrons. The van der Waals surface area contributed by atoms with E-state index in [-0.39, 0.29) is 18.0 Å². The molecule has 2 N–H and O–H groups in total. The summed E-state index contributed by atoms with van der Waals surface area (Å²) in [4.78, 5) is 33.0. The molecule has 0 unspecified atom stereocenters. The molecule has 0 saturated heterocycles. The Bertz CT molecular complexity index is 637. The molecule has 20 heavy (non-hydrogen) atoms. The highest BCUT2D eigenvalue weighted by atomic mass is 32.1. The number of hydrogen-bond acceptors (Lipinski definition) is 8. The lowest BCUT2D eigenvalue weighted by molar-refractivity contribution is -0.117. The lowest BCUT2D eigenvalue weighted by Crippen LogP contribution is -2.25. The van der Waals surface area contributed by atoms with Gasteiger partial charge >= 0.3 is 5.97 Å². The maximum absolute atomic E-state index is 12.1. The first-order valence-corrected chi connectivity index (χ1v) is 7.40. The SMILES string of the molecule is CCC(=O)N(c1csc(N)n1)c1nc(C(=O)OC)cs1. The fourth-order valence-corrected chi connectivity index (χ4v) is 2.79. The number of methoxy groups -OCH3 is 1. The summed E-state index contributed by atoms with van der Waals surface area (Å²) >= 11 is 2.40. The van der Waals surface area contributed by atoms with E-state index >= 15 is 0 Å². The summed E-state index contributed by atoms with van der Waals surface area (Å²) in [5.74, 6) is -0.319. The van der Waals surface area contributed by atoms with Crippen molar-refractivity contribution in [3.8, 4) is 0 Å². The van der Waals surface area contributed by atoms with Crippen molar-refractivity contribution in [2.24, 2.45) is 0 Å². The van der Waals surface area contributed by atoms with Crippen LogP contribution in [0.2, 0.25) is 0 Å². The number of anilines is 3. The highest BCUT2D eigenvalue weighted by Gasteiger charge is 2.23. The third-order valence-electron chi connectivity index (χ3n) is 2.37. The van der Waals surface area contributed by atoms with Crippen LogP contribution >= 0.6 is 22.7 Å². The normalized spacial score (nSPS) is 10.3. The second-order valence-electron chi connectivity index (χ2n) is 3.63. The molecule has 0 atom stereocenters. The first kappa shape index (κ1) is 14.4. The largest absolute Gasteiger partial charge is 0.464 e. The lowest BCUT2D eigenvalue weighted by Gasteiger charge is -2.15. The molecule has 0 aliphatic carbocycles. The molecule has 0 aliphatic heterocycles. The molecule has 9 heteroatoms. The minimum Gasteiger partial charge on any atom is -0.464 e. The van der Waals surface area contributed by atoms with Crippen LogP contribution in [0.3, 0.4) is 0 Å². The Morgan fingerprint density at radius 3 is 2.65 bits per heavy atom. The summed E-state index contributed by atoms with van der Waals surface area (Å²) in [7, 11) is 1.28. The van der Waals surface area contributed by atoms with Crippen molar-refractivity contribution >= 4 is 50.6 Å². The average Bonchev–Trinajstić information content (AvgIpc) is 3.08. The van der Waals surface area contributed by atoms with Crippen molar-refractivity contribution < 1.29 is 14.3 Å². The van der Waals surface area contributed by atoms with Crippen LogP contribution in [0.1, 0.15) is 23.8 Å². The fraction of sp³-hybridized carbons (Fsp3) is 0.273. The smallest absolute Gasteiger partial charge is 0.357 e. The Morgan fingerprint density at radius 1 is 1.35 bits per heavy atom. The van der Waals surface area contributed by atoms with E-state index in [1.54, 1.807) is 12.3 Å². The van der Waals surface area contributed by atoms with Crippen LogP contribution in [0, 0.1) is 0 Å². The predicted octanol–water partition coefficient (Wildman–Crippen LogP) is 2.04. The number of carbonyl (C=O) groups is 2. The van der Waals surface area contributed by atoms with Crippen LogP contribution in [0.4, 0.5) is 16.1 Å². The molecule has 2 heterocycles. The van der Waals surface area contributed by atoms with Crippen molar-refractivity contribution in [3.05, 3.63) is 16.5 Å². The first-order valence-electron chi connectivity index (χ1n) is 5.64. The molecule has 0 fully saturated rings. The summed E-state index contributed by atoms with van der Waals surface area (Å²) in [6.45, 7) is 1.74. The monoisotopic (exact) mass is 312 g/mol. The van der Waals surface area contributed by atoms with Gasteiger partial charge in [-0.2, -0.15) is 0 Å². The van der Waals surface area contributed by atoms with E-state index in [0.29, 0.717) is 16.1 Å². The van der Waals surface area contributed by atoms with Gasteiger partial charge in [0.05, 0.1) is 7.11 Å². The summed E-state index contributed by atoms with van der Waals surface area (Å²) in [5, 5.41) is 3.93. The zero-order valence-corrected chi connectivity index (χ0v) is 12.5. The van der Waals surface area contributed by atoms with Gasteiger partial charge in [0, 0.05) is 17.2 Å². The van der Waals surface area contributed by atoms with Crippen LogP contribution < -0.4 is 10.6 Å². The van der Waals surface area contributed by atoms with Gasteiger partial charge in [0.25, 0.3) is 0 Å². The molecular weight excluding hydrogens is 300 g/mol. The number of nitrogens with zero attached hydrogens (tertiary/aromatic N) is 3. The van der Waals surface area contributed by atoms with Crippen molar-refractivity contribution in [1.82, 2.24) is 9.97 Å². The van der Waals surface area contributed by atoms with Crippen molar-refractivity contribution in [3.63, 3.8) is 0 Å². The summed E-state index contributed by atoms with van der Waals surface area (Å²) in [5.41, 5.74) is 5.75. The highest BCUT2D eigenvalue weighted by molar-refractivity contribution is 7.15. The Kier molecular flexibility index (Phi) is 4.30. The van der Waals surface area contributed by atoms with E-state index in [9.17, 15) is 9.59 Å². The number of nitrogens with two attached hydrogens (primary N) is 1. The summed E-state index contributed by atoms with van der Waals surface area (Å²) in [6.07, 6.45) is 0.282. The number of esters is 1. The molecule has 0 spiro atoms. The molecule has 0 radical (unpaired) electrons. The van der Waals surface area contributed by atoms with Gasteiger partial charge in [-0.1, -0.05) is 6.92 Å². The molecular formula is C11H12N4O3S2. The van der Waals surface area contributed by atoms with E-state index in [4.69, 9.17) is 5.73 Å². The minimum absolute atomic E-state index is 0.157. The van der Waals surface area contributed by atoms with E-state index in [2.05, 4.69) is 14.7 Å². The fourth-order valence-electron chi connectivity index (χ4n) is 1.44. The lowest BCUT2D eigenvalue weighted by atomic mass is 10.4. The van der Waals surface area contributed by atoms with Crippen LogP contribution in [-0.4, -0.2) is 29.0 Å². The number of hydrogen-bond donors (Lipinski definition) is 1. The number of carbonyl (C=O) groups excluding carboxylic acids is 2. The van der Waals surface area contributed by atoms with Crippen molar-refractivity contribution in [1.29, 1.82) is 0 Å². The van der Waals surface area contributed by atoms with Gasteiger partial charge in [-0.15, -0.1) is 22.7 Å². The first-order chi connectivity index (χ1) is 9.56. The topological polar surface area (TPSA) is 98.4 Å². The predicted molar refractivity (Wildman–Crippen MR) is 77.4 cm³/mol. The van der Waals surface area contributed by atoms with Crippen LogP contribution in [-0.2, 0) is 9.53 Å². The molecule has 0 saturated carbocycles. The van der Waals surface area contributed by atoms with Gasteiger partial charge in [-0.25, -0.2) is 19.7 Å². The second-order valence-corrected chi connectivity index (χ2v) is 5.36. The van der Waals surface area contributed by atoms with Crippen LogP contribution in [0.15, 0.2) is 10.8 Å². The van der Waals surface area contributed by atoms with Crippen molar-refractivity contribution in [2.45, 2.75) is 13.3 Å². The number of aromatic nitrogens is 2. The van der Waals surface area contributed by atoms with E-state index < -0.39 is 5.97 Å². The summed E-state index contributed by atoms with van der Waals surface area (Å²) in [6, 6.07) is 0. The second kappa shape index (κ2) is 5.97. The zero-order valence-electron chi connectivity index (χ0n) is 10.8.